The van der Waals surface area contributed by atoms with E-state index in [0.717, 1.165) is 11.6 Å². The summed E-state index contributed by atoms with van der Waals surface area (Å²) in [6.45, 7) is 11.3. The molecule has 1 unspecified atom stereocenters. The quantitative estimate of drug-likeness (QED) is 0.314. The van der Waals surface area contributed by atoms with Gasteiger partial charge < -0.3 is 0 Å². The molecule has 2 aromatic carbocycles. The van der Waals surface area contributed by atoms with Crippen LogP contribution in [-0.2, 0) is 18.3 Å². The third-order valence-corrected chi connectivity index (χ3v) is 7.79. The largest absolute Gasteiger partial charge is 0.237 e. The molecule has 2 heterocycles. The SMILES string of the molecule is Cc1cccc(-c2cc(-c3ccc(C(C)(C)C)cc3)nc3sc4c(c23)CCC(C)C4)c1. The topological polar surface area (TPSA) is 12.9 Å². The second-order valence-corrected chi connectivity index (χ2v) is 11.4. The van der Waals surface area contributed by atoms with Crippen molar-refractivity contribution in [1.29, 1.82) is 0 Å². The fraction of sp³-hybridized carbons (Fsp3) is 0.345. The molecule has 0 aliphatic heterocycles. The van der Waals surface area contributed by atoms with Gasteiger partial charge in [0, 0.05) is 15.8 Å². The number of hydrogen-bond acceptors (Lipinski definition) is 2. The van der Waals surface area contributed by atoms with Crippen molar-refractivity contribution >= 4 is 21.6 Å². The van der Waals surface area contributed by atoms with E-state index in [-0.39, 0.29) is 5.41 Å². The molecule has 5 rings (SSSR count). The van der Waals surface area contributed by atoms with Crippen molar-refractivity contribution < 1.29 is 0 Å². The first-order valence-corrected chi connectivity index (χ1v) is 12.2. The number of rotatable bonds is 2. The van der Waals surface area contributed by atoms with Gasteiger partial charge in [-0.25, -0.2) is 4.98 Å². The molecular weight excluding hydrogens is 394 g/mol. The molecule has 0 radical (unpaired) electrons. The smallest absolute Gasteiger partial charge is 0.125 e. The first-order chi connectivity index (χ1) is 14.8. The lowest BCUT2D eigenvalue weighted by molar-refractivity contribution is 0.509. The van der Waals surface area contributed by atoms with Crippen LogP contribution in [0.2, 0.25) is 0 Å². The average molecular weight is 426 g/mol. The fourth-order valence-electron chi connectivity index (χ4n) is 4.77. The Morgan fingerprint density at radius 1 is 0.968 bits per heavy atom. The number of nitrogens with zero attached hydrogens (tertiary/aromatic N) is 1. The van der Waals surface area contributed by atoms with E-state index < -0.39 is 0 Å². The van der Waals surface area contributed by atoms with E-state index >= 15 is 0 Å². The minimum atomic E-state index is 0.159. The molecule has 2 aromatic heterocycles. The van der Waals surface area contributed by atoms with Crippen molar-refractivity contribution in [3.05, 3.63) is 76.2 Å². The molecular formula is C29H31NS. The monoisotopic (exact) mass is 425 g/mol. The van der Waals surface area contributed by atoms with Gasteiger partial charge in [-0.05, 0) is 65.8 Å². The first kappa shape index (κ1) is 20.5. The normalized spacial score (nSPS) is 16.5. The Morgan fingerprint density at radius 2 is 1.74 bits per heavy atom. The zero-order valence-corrected chi connectivity index (χ0v) is 20.1. The molecule has 1 aliphatic rings. The zero-order chi connectivity index (χ0) is 21.8. The van der Waals surface area contributed by atoms with Gasteiger partial charge in [-0.15, -0.1) is 11.3 Å². The summed E-state index contributed by atoms with van der Waals surface area (Å²) in [5, 5.41) is 1.40. The highest BCUT2D eigenvalue weighted by Crippen LogP contribution is 2.43. The summed E-state index contributed by atoms with van der Waals surface area (Å²) in [4.78, 5) is 7.95. The van der Waals surface area contributed by atoms with Gasteiger partial charge in [-0.1, -0.05) is 81.8 Å². The Labute approximate surface area is 190 Å². The second-order valence-electron chi connectivity index (χ2n) is 10.3. The van der Waals surface area contributed by atoms with Crippen molar-refractivity contribution in [1.82, 2.24) is 4.98 Å². The summed E-state index contributed by atoms with van der Waals surface area (Å²) < 4.78 is 0. The Hall–Kier alpha value is -2.45. The number of fused-ring (bicyclic) bond motifs is 3. The van der Waals surface area contributed by atoms with Crippen LogP contribution >= 0.6 is 11.3 Å². The van der Waals surface area contributed by atoms with Crippen LogP contribution in [0, 0.1) is 12.8 Å². The number of hydrogen-bond donors (Lipinski definition) is 0. The van der Waals surface area contributed by atoms with Gasteiger partial charge in [0.05, 0.1) is 5.69 Å². The standard InChI is InChI=1S/C29H31NS/c1-18-7-6-8-21(15-18)24-17-25(20-10-12-22(13-11-20)29(3,4)5)30-28-27(24)23-14-9-19(2)16-26(23)31-28/h6-8,10-13,15,17,19H,9,14,16H2,1-5H3. The maximum absolute atomic E-state index is 5.19. The number of aryl methyl sites for hydroxylation is 2. The van der Waals surface area contributed by atoms with Crippen LogP contribution < -0.4 is 0 Å². The van der Waals surface area contributed by atoms with Crippen molar-refractivity contribution in [2.24, 2.45) is 5.92 Å². The maximum Gasteiger partial charge on any atom is 0.125 e. The minimum absolute atomic E-state index is 0.159. The molecule has 2 heteroatoms. The molecule has 4 aromatic rings. The van der Waals surface area contributed by atoms with Gasteiger partial charge in [0.2, 0.25) is 0 Å². The molecule has 158 valence electrons. The lowest BCUT2D eigenvalue weighted by Crippen LogP contribution is -2.10. The van der Waals surface area contributed by atoms with E-state index in [9.17, 15) is 0 Å². The minimum Gasteiger partial charge on any atom is -0.237 e. The molecule has 1 nitrogen and oxygen atoms in total. The second kappa shape index (κ2) is 7.60. The summed E-state index contributed by atoms with van der Waals surface area (Å²) in [7, 11) is 0. The van der Waals surface area contributed by atoms with Gasteiger partial charge in [-0.3, -0.25) is 0 Å². The predicted octanol–water partition coefficient (Wildman–Crippen LogP) is 8.36. The molecule has 31 heavy (non-hydrogen) atoms. The fourth-order valence-corrected chi connectivity index (χ4v) is 6.18. The van der Waals surface area contributed by atoms with E-state index in [1.807, 2.05) is 11.3 Å². The molecule has 0 bridgehead atoms. The predicted molar refractivity (Wildman–Crippen MR) is 135 cm³/mol. The number of thiophene rings is 1. The molecule has 1 atom stereocenters. The van der Waals surface area contributed by atoms with Crippen molar-refractivity contribution in [2.75, 3.05) is 0 Å². The Bertz CT molecular complexity index is 1250. The van der Waals surface area contributed by atoms with E-state index in [1.165, 1.54) is 57.3 Å². The first-order valence-electron chi connectivity index (χ1n) is 11.4. The van der Waals surface area contributed by atoms with Crippen LogP contribution in [0.1, 0.15) is 55.7 Å². The van der Waals surface area contributed by atoms with Crippen molar-refractivity contribution in [3.63, 3.8) is 0 Å². The average Bonchev–Trinajstić information content (AvgIpc) is 3.10. The molecule has 0 spiro atoms. The highest BCUT2D eigenvalue weighted by atomic mass is 32.1. The molecule has 0 saturated heterocycles. The Balaban J connectivity index is 1.72. The highest BCUT2D eigenvalue weighted by Gasteiger charge is 2.24. The van der Waals surface area contributed by atoms with E-state index in [1.54, 1.807) is 10.4 Å². The van der Waals surface area contributed by atoms with Gasteiger partial charge in [-0.2, -0.15) is 0 Å². The number of benzene rings is 2. The molecule has 0 fully saturated rings. The number of pyridine rings is 1. The maximum atomic E-state index is 5.19. The Kier molecular flexibility index (Phi) is 5.01. The van der Waals surface area contributed by atoms with Crippen LogP contribution in [0.25, 0.3) is 32.6 Å². The zero-order valence-electron chi connectivity index (χ0n) is 19.3. The third kappa shape index (κ3) is 3.83. The van der Waals surface area contributed by atoms with Crippen molar-refractivity contribution in [2.45, 2.75) is 59.3 Å². The molecule has 0 N–H and O–H groups in total. The van der Waals surface area contributed by atoms with Crippen LogP contribution in [0.4, 0.5) is 0 Å². The Morgan fingerprint density at radius 3 is 2.45 bits per heavy atom. The van der Waals surface area contributed by atoms with Crippen LogP contribution in [-0.4, -0.2) is 4.98 Å². The number of aromatic nitrogens is 1. The summed E-state index contributed by atoms with van der Waals surface area (Å²) in [6.07, 6.45) is 3.65. The van der Waals surface area contributed by atoms with Crippen LogP contribution in [0.3, 0.4) is 0 Å². The highest BCUT2D eigenvalue weighted by molar-refractivity contribution is 7.19. The molecule has 0 amide bonds. The van der Waals surface area contributed by atoms with Gasteiger partial charge in [0.25, 0.3) is 0 Å². The lowest BCUT2D eigenvalue weighted by atomic mass is 9.86. The van der Waals surface area contributed by atoms with Crippen LogP contribution in [0.15, 0.2) is 54.6 Å². The molecule has 1 aliphatic carbocycles. The third-order valence-electron chi connectivity index (χ3n) is 6.64. The van der Waals surface area contributed by atoms with Crippen molar-refractivity contribution in [3.8, 4) is 22.4 Å². The summed E-state index contributed by atoms with van der Waals surface area (Å²) in [5.41, 5.74) is 9.30. The molecule has 0 saturated carbocycles. The van der Waals surface area contributed by atoms with Gasteiger partial charge in [0.15, 0.2) is 0 Å². The lowest BCUT2D eigenvalue weighted by Gasteiger charge is -2.19. The van der Waals surface area contributed by atoms with E-state index in [4.69, 9.17) is 4.98 Å². The van der Waals surface area contributed by atoms with E-state index in [2.05, 4.69) is 89.2 Å². The summed E-state index contributed by atoms with van der Waals surface area (Å²) in [5.74, 6) is 0.771. The van der Waals surface area contributed by atoms with Crippen LogP contribution in [0.5, 0.6) is 0 Å². The van der Waals surface area contributed by atoms with E-state index in [0.29, 0.717) is 0 Å². The summed E-state index contributed by atoms with van der Waals surface area (Å²) >= 11 is 1.92. The van der Waals surface area contributed by atoms with Gasteiger partial charge in [0.1, 0.15) is 4.83 Å². The van der Waals surface area contributed by atoms with Gasteiger partial charge >= 0.3 is 0 Å². The summed E-state index contributed by atoms with van der Waals surface area (Å²) in [6, 6.07) is 20.3.